The van der Waals surface area contributed by atoms with Crippen molar-refractivity contribution in [1.82, 2.24) is 9.88 Å². The summed E-state index contributed by atoms with van der Waals surface area (Å²) in [5.74, 6) is 0.806. The molecule has 0 aliphatic carbocycles. The van der Waals surface area contributed by atoms with Gasteiger partial charge in [0.15, 0.2) is 4.90 Å². The Morgan fingerprint density at radius 3 is 2.56 bits per heavy atom. The molecule has 1 fully saturated rings. The zero-order valence-corrected chi connectivity index (χ0v) is 19.8. The lowest BCUT2D eigenvalue weighted by Crippen LogP contribution is -2.41. The molecule has 1 aliphatic rings. The smallest absolute Gasteiger partial charge is 0.225 e. The molecule has 1 aliphatic heterocycles. The highest BCUT2D eigenvalue weighted by atomic mass is 35.5. The molecule has 1 atom stereocenters. The van der Waals surface area contributed by atoms with Crippen LogP contribution in [0, 0.1) is 5.92 Å². The Bertz CT molecular complexity index is 1060. The summed E-state index contributed by atoms with van der Waals surface area (Å²) in [5.41, 5.74) is 1.17. The number of nitrogens with zero attached hydrogens (tertiary/aromatic N) is 3. The summed E-state index contributed by atoms with van der Waals surface area (Å²) >= 11 is 4.95. The maximum absolute atomic E-state index is 12.9. The number of aromatic nitrogens is 1. The van der Waals surface area contributed by atoms with E-state index >= 15 is 0 Å². The fourth-order valence-corrected chi connectivity index (χ4v) is 5.53. The van der Waals surface area contributed by atoms with Crippen LogP contribution in [0.3, 0.4) is 0 Å². The molecule has 2 heterocycles. The van der Waals surface area contributed by atoms with Crippen molar-refractivity contribution in [1.29, 1.82) is 0 Å². The van der Waals surface area contributed by atoms with E-state index in [0.717, 1.165) is 41.6 Å². The zero-order valence-electron chi connectivity index (χ0n) is 18.2. The van der Waals surface area contributed by atoms with Crippen LogP contribution < -0.4 is 4.90 Å². The third-order valence-electron chi connectivity index (χ3n) is 6.11. The summed E-state index contributed by atoms with van der Waals surface area (Å²) in [6.07, 6.45) is 6.04. The summed E-state index contributed by atoms with van der Waals surface area (Å²) in [7, 11) is 1.86. The fraction of sp³-hybridized carbons (Fsp3) is 0.360. The number of carbonyl (C=O) groups excluding carboxylic acids is 1. The summed E-state index contributed by atoms with van der Waals surface area (Å²) in [6, 6.07) is 15.6. The van der Waals surface area contributed by atoms with Crippen LogP contribution in [0.15, 0.2) is 65.8 Å². The fourth-order valence-electron chi connectivity index (χ4n) is 4.25. The molecule has 1 unspecified atom stereocenters. The number of carbonyl (C=O) groups is 1. The Balaban J connectivity index is 1.23. The van der Waals surface area contributed by atoms with Crippen LogP contribution in [0.4, 0.5) is 5.69 Å². The van der Waals surface area contributed by atoms with Gasteiger partial charge in [0, 0.05) is 68.2 Å². The second-order valence-corrected chi connectivity index (χ2v) is 10.3. The Hall–Kier alpha value is -2.28. The molecular formula is C25H28ClN3O2S. The first-order valence-electron chi connectivity index (χ1n) is 11.0. The Morgan fingerprint density at radius 2 is 1.81 bits per heavy atom. The van der Waals surface area contributed by atoms with Gasteiger partial charge in [0.25, 0.3) is 0 Å². The Labute approximate surface area is 197 Å². The van der Waals surface area contributed by atoms with Crippen molar-refractivity contribution in [3.63, 3.8) is 0 Å². The van der Waals surface area contributed by atoms with Crippen LogP contribution in [-0.4, -0.2) is 52.8 Å². The lowest BCUT2D eigenvalue weighted by molar-refractivity contribution is -0.134. The van der Waals surface area contributed by atoms with Crippen molar-refractivity contribution < 1.29 is 9.35 Å². The number of benzene rings is 2. The number of fused-ring (bicyclic) bond motifs is 1. The summed E-state index contributed by atoms with van der Waals surface area (Å²) in [6.45, 7) is 2.38. The van der Waals surface area contributed by atoms with E-state index in [1.165, 1.54) is 5.69 Å². The Morgan fingerprint density at radius 1 is 1.12 bits per heavy atom. The third-order valence-corrected chi connectivity index (χ3v) is 7.78. The zero-order chi connectivity index (χ0) is 22.5. The van der Waals surface area contributed by atoms with E-state index in [9.17, 15) is 9.35 Å². The molecule has 2 aromatic carbocycles. The number of amides is 1. The van der Waals surface area contributed by atoms with E-state index in [-0.39, 0.29) is 11.8 Å². The predicted molar refractivity (Wildman–Crippen MR) is 132 cm³/mol. The van der Waals surface area contributed by atoms with Crippen molar-refractivity contribution in [3.05, 3.63) is 65.9 Å². The van der Waals surface area contributed by atoms with E-state index in [0.29, 0.717) is 23.7 Å². The maximum Gasteiger partial charge on any atom is 0.225 e. The highest BCUT2D eigenvalue weighted by molar-refractivity contribution is 7.91. The molecule has 32 heavy (non-hydrogen) atoms. The highest BCUT2D eigenvalue weighted by Gasteiger charge is 2.27. The first-order valence-corrected chi connectivity index (χ1v) is 12.7. The SMILES string of the molecule is CN(CCC[S+]([O-])c1ccc2cc(Cl)ccc2c1)C(=O)C1CCN(c2ccncc2)CC1. The molecule has 0 spiro atoms. The maximum atomic E-state index is 12.9. The van der Waals surface area contributed by atoms with Gasteiger partial charge in [-0.25, -0.2) is 0 Å². The van der Waals surface area contributed by atoms with Crippen LogP contribution in [0.25, 0.3) is 10.8 Å². The minimum absolute atomic E-state index is 0.0656. The van der Waals surface area contributed by atoms with Gasteiger partial charge in [-0.2, -0.15) is 0 Å². The topological polar surface area (TPSA) is 59.5 Å². The molecule has 0 N–H and O–H groups in total. The van der Waals surface area contributed by atoms with E-state index in [2.05, 4.69) is 9.88 Å². The lowest BCUT2D eigenvalue weighted by Gasteiger charge is -2.34. The van der Waals surface area contributed by atoms with Crippen molar-refractivity contribution >= 4 is 45.1 Å². The summed E-state index contributed by atoms with van der Waals surface area (Å²) < 4.78 is 12.8. The lowest BCUT2D eigenvalue weighted by atomic mass is 9.95. The molecule has 0 radical (unpaired) electrons. The van der Waals surface area contributed by atoms with Gasteiger partial charge in [-0.05, 0) is 71.2 Å². The molecule has 4 rings (SSSR count). The minimum Gasteiger partial charge on any atom is -0.611 e. The van der Waals surface area contributed by atoms with Gasteiger partial charge in [-0.1, -0.05) is 17.7 Å². The molecular weight excluding hydrogens is 442 g/mol. The average Bonchev–Trinajstić information content (AvgIpc) is 2.83. The summed E-state index contributed by atoms with van der Waals surface area (Å²) in [5, 5.41) is 2.77. The largest absolute Gasteiger partial charge is 0.611 e. The van der Waals surface area contributed by atoms with E-state index < -0.39 is 11.2 Å². The number of anilines is 1. The van der Waals surface area contributed by atoms with Gasteiger partial charge >= 0.3 is 0 Å². The number of pyridine rings is 1. The van der Waals surface area contributed by atoms with Crippen molar-refractivity contribution in [2.45, 2.75) is 24.2 Å². The molecule has 0 saturated carbocycles. The van der Waals surface area contributed by atoms with Crippen LogP contribution in [0.5, 0.6) is 0 Å². The second kappa shape index (κ2) is 10.6. The van der Waals surface area contributed by atoms with Gasteiger partial charge in [0.1, 0.15) is 5.75 Å². The van der Waals surface area contributed by atoms with Crippen LogP contribution in [0.1, 0.15) is 19.3 Å². The van der Waals surface area contributed by atoms with Crippen LogP contribution >= 0.6 is 11.6 Å². The van der Waals surface area contributed by atoms with E-state index in [1.807, 2.05) is 60.5 Å². The number of hydrogen-bond acceptors (Lipinski definition) is 4. The molecule has 1 amide bonds. The molecule has 1 aromatic heterocycles. The predicted octanol–water partition coefficient (Wildman–Crippen LogP) is 4.76. The highest BCUT2D eigenvalue weighted by Crippen LogP contribution is 2.25. The number of halogens is 1. The Kier molecular flexibility index (Phi) is 7.55. The third kappa shape index (κ3) is 5.55. The second-order valence-electron chi connectivity index (χ2n) is 8.28. The quantitative estimate of drug-likeness (QED) is 0.468. The van der Waals surface area contributed by atoms with E-state index in [1.54, 1.807) is 12.4 Å². The van der Waals surface area contributed by atoms with Gasteiger partial charge < -0.3 is 14.4 Å². The first-order chi connectivity index (χ1) is 15.5. The number of hydrogen-bond donors (Lipinski definition) is 0. The van der Waals surface area contributed by atoms with Crippen LogP contribution in [-0.2, 0) is 16.0 Å². The van der Waals surface area contributed by atoms with Crippen molar-refractivity contribution in [3.8, 4) is 0 Å². The van der Waals surface area contributed by atoms with Gasteiger partial charge in [-0.3, -0.25) is 9.78 Å². The molecule has 5 nitrogen and oxygen atoms in total. The monoisotopic (exact) mass is 469 g/mol. The van der Waals surface area contributed by atoms with E-state index in [4.69, 9.17) is 11.6 Å². The number of piperidine rings is 1. The normalized spacial score (nSPS) is 15.7. The van der Waals surface area contributed by atoms with Crippen molar-refractivity contribution in [2.75, 3.05) is 37.3 Å². The molecule has 168 valence electrons. The average molecular weight is 470 g/mol. The van der Waals surface area contributed by atoms with Gasteiger partial charge in [0.05, 0.1) is 0 Å². The van der Waals surface area contributed by atoms with Crippen molar-refractivity contribution in [2.24, 2.45) is 5.92 Å². The summed E-state index contributed by atoms with van der Waals surface area (Å²) in [4.78, 5) is 21.9. The molecule has 1 saturated heterocycles. The van der Waals surface area contributed by atoms with Crippen LogP contribution in [0.2, 0.25) is 5.02 Å². The standard InChI is InChI=1S/C25H28ClN3O2S/c1-28(25(30)19-9-14-29(15-10-19)23-7-11-27-12-8-23)13-2-16-32(31)24-6-4-20-17-22(26)5-3-21(20)18-24/h3-8,11-12,17-19H,2,9-10,13-16H2,1H3. The minimum atomic E-state index is -1.09. The number of rotatable bonds is 7. The molecule has 7 heteroatoms. The van der Waals surface area contributed by atoms with Gasteiger partial charge in [0.2, 0.25) is 5.91 Å². The molecule has 3 aromatic rings. The van der Waals surface area contributed by atoms with Gasteiger partial charge in [-0.15, -0.1) is 0 Å². The first kappa shape index (κ1) is 22.9. The molecule has 0 bridgehead atoms.